The molecule has 0 fully saturated rings. The first kappa shape index (κ1) is 17.9. The molecule has 120 valence electrons. The lowest BCUT2D eigenvalue weighted by Crippen LogP contribution is -2.30. The third-order valence-electron chi connectivity index (χ3n) is 2.58. The maximum Gasteiger partial charge on any atom is 0.240 e. The highest BCUT2D eigenvalue weighted by Crippen LogP contribution is 2.14. The summed E-state index contributed by atoms with van der Waals surface area (Å²) in [7, 11) is -6.42. The number of sulfonamides is 1. The molecule has 1 aromatic rings. The molecular weight excluding hydrogens is 312 g/mol. The molecule has 0 heterocycles. The van der Waals surface area contributed by atoms with E-state index >= 15 is 0 Å². The highest BCUT2D eigenvalue weighted by molar-refractivity contribution is 7.90. The second-order valence-electron chi connectivity index (χ2n) is 5.21. The molecule has 2 N–H and O–H groups in total. The molecule has 0 saturated heterocycles. The van der Waals surface area contributed by atoms with E-state index in [1.54, 1.807) is 26.0 Å². The largest absolute Gasteiger partial charge is 0.385 e. The van der Waals surface area contributed by atoms with Crippen molar-refractivity contribution in [2.24, 2.45) is 0 Å². The summed E-state index contributed by atoms with van der Waals surface area (Å²) in [6.45, 7) is 4.04. The van der Waals surface area contributed by atoms with Crippen LogP contribution in [-0.4, -0.2) is 41.4 Å². The molecule has 0 bridgehead atoms. The van der Waals surface area contributed by atoms with Crippen LogP contribution >= 0.6 is 0 Å². The van der Waals surface area contributed by atoms with Gasteiger partial charge in [0.25, 0.3) is 0 Å². The van der Waals surface area contributed by atoms with Crippen molar-refractivity contribution in [2.45, 2.75) is 31.2 Å². The minimum atomic E-state index is -3.48. The first-order chi connectivity index (χ1) is 9.60. The fourth-order valence-corrected chi connectivity index (χ4v) is 3.62. The van der Waals surface area contributed by atoms with Crippen molar-refractivity contribution in [1.82, 2.24) is 4.72 Å². The monoisotopic (exact) mass is 334 g/mol. The Hall–Kier alpha value is -1.12. The van der Waals surface area contributed by atoms with Crippen molar-refractivity contribution in [3.05, 3.63) is 24.3 Å². The zero-order valence-corrected chi connectivity index (χ0v) is 14.1. The van der Waals surface area contributed by atoms with E-state index in [4.69, 9.17) is 0 Å². The lowest BCUT2D eigenvalue weighted by atomic mass is 10.3. The van der Waals surface area contributed by atoms with E-state index in [0.29, 0.717) is 13.0 Å². The summed E-state index contributed by atoms with van der Waals surface area (Å²) in [5.41, 5.74) is 0.756. The van der Waals surface area contributed by atoms with Gasteiger partial charge in [-0.05, 0) is 44.5 Å². The number of anilines is 1. The van der Waals surface area contributed by atoms with Crippen LogP contribution in [-0.2, 0) is 19.9 Å². The summed E-state index contributed by atoms with van der Waals surface area (Å²) in [6.07, 6.45) is 1.71. The van der Waals surface area contributed by atoms with E-state index < -0.39 is 19.9 Å². The molecule has 0 aliphatic heterocycles. The number of nitrogens with one attached hydrogen (secondary N) is 2. The third kappa shape index (κ3) is 6.92. The highest BCUT2D eigenvalue weighted by atomic mass is 32.2. The van der Waals surface area contributed by atoms with Crippen LogP contribution in [0.1, 0.15) is 20.3 Å². The summed E-state index contributed by atoms with van der Waals surface area (Å²) >= 11 is 0. The Labute approximate surface area is 126 Å². The summed E-state index contributed by atoms with van der Waals surface area (Å²) < 4.78 is 48.3. The highest BCUT2D eigenvalue weighted by Gasteiger charge is 2.14. The summed E-state index contributed by atoms with van der Waals surface area (Å²) in [4.78, 5) is 0.206. The maximum absolute atomic E-state index is 11.9. The van der Waals surface area contributed by atoms with Crippen LogP contribution in [0.2, 0.25) is 0 Å². The van der Waals surface area contributed by atoms with Gasteiger partial charge < -0.3 is 5.32 Å². The topological polar surface area (TPSA) is 92.3 Å². The molecule has 0 amide bonds. The molecule has 0 radical (unpaired) electrons. The van der Waals surface area contributed by atoms with Crippen molar-refractivity contribution in [3.8, 4) is 0 Å². The van der Waals surface area contributed by atoms with Gasteiger partial charge in [0.05, 0.1) is 10.6 Å². The third-order valence-corrected chi connectivity index (χ3v) is 5.28. The predicted octanol–water partition coefficient (Wildman–Crippen LogP) is 1.22. The minimum absolute atomic E-state index is 0.130. The molecule has 0 spiro atoms. The van der Waals surface area contributed by atoms with Gasteiger partial charge in [0.15, 0.2) is 0 Å². The Morgan fingerprint density at radius 3 is 2.10 bits per heavy atom. The Morgan fingerprint density at radius 2 is 1.62 bits per heavy atom. The van der Waals surface area contributed by atoms with Gasteiger partial charge in [-0.1, -0.05) is 0 Å². The molecule has 1 rings (SSSR count). The second kappa shape index (κ2) is 7.24. The normalized spacial score (nSPS) is 12.6. The van der Waals surface area contributed by atoms with Crippen LogP contribution in [0.3, 0.4) is 0 Å². The van der Waals surface area contributed by atoms with E-state index in [-0.39, 0.29) is 16.7 Å². The average Bonchev–Trinajstić information content (AvgIpc) is 2.32. The second-order valence-corrected chi connectivity index (χ2v) is 9.18. The van der Waals surface area contributed by atoms with E-state index in [2.05, 4.69) is 10.0 Å². The van der Waals surface area contributed by atoms with Gasteiger partial charge in [0, 0.05) is 24.5 Å². The molecule has 0 atom stereocenters. The fraction of sp³-hybridized carbons (Fsp3) is 0.538. The number of hydrogen-bond donors (Lipinski definition) is 2. The molecule has 0 saturated carbocycles. The van der Waals surface area contributed by atoms with E-state index in [0.717, 1.165) is 5.69 Å². The lowest BCUT2D eigenvalue weighted by molar-refractivity contribution is 0.570. The van der Waals surface area contributed by atoms with Gasteiger partial charge in [-0.3, -0.25) is 0 Å². The summed E-state index contributed by atoms with van der Waals surface area (Å²) in [6, 6.07) is 6.20. The van der Waals surface area contributed by atoms with Gasteiger partial charge in [-0.15, -0.1) is 0 Å². The van der Waals surface area contributed by atoms with Crippen molar-refractivity contribution in [2.75, 3.05) is 23.9 Å². The van der Waals surface area contributed by atoms with Crippen molar-refractivity contribution < 1.29 is 16.8 Å². The van der Waals surface area contributed by atoms with Crippen LogP contribution in [0.5, 0.6) is 0 Å². The zero-order chi connectivity index (χ0) is 16.1. The molecular formula is C13H22N2O4S2. The smallest absolute Gasteiger partial charge is 0.240 e. The number of hydrogen-bond acceptors (Lipinski definition) is 5. The van der Waals surface area contributed by atoms with Gasteiger partial charge in [-0.2, -0.15) is 0 Å². The molecule has 0 aliphatic rings. The number of rotatable bonds is 8. The Bertz CT molecular complexity index is 650. The fourth-order valence-electron chi connectivity index (χ4n) is 1.70. The van der Waals surface area contributed by atoms with E-state index in [9.17, 15) is 16.8 Å². The van der Waals surface area contributed by atoms with Crippen LogP contribution in [0.25, 0.3) is 0 Å². The van der Waals surface area contributed by atoms with Crippen molar-refractivity contribution in [3.63, 3.8) is 0 Å². The van der Waals surface area contributed by atoms with E-state index in [1.165, 1.54) is 18.4 Å². The van der Waals surface area contributed by atoms with Gasteiger partial charge in [-0.25, -0.2) is 21.6 Å². The van der Waals surface area contributed by atoms with Crippen LogP contribution < -0.4 is 10.0 Å². The molecule has 0 aromatic heterocycles. The van der Waals surface area contributed by atoms with Crippen LogP contribution in [0, 0.1) is 0 Å². The molecule has 21 heavy (non-hydrogen) atoms. The molecule has 0 unspecified atom stereocenters. The minimum Gasteiger partial charge on any atom is -0.385 e. The predicted molar refractivity (Wildman–Crippen MR) is 84.7 cm³/mol. The lowest BCUT2D eigenvalue weighted by Gasteiger charge is -2.10. The Morgan fingerprint density at radius 1 is 1.05 bits per heavy atom. The Balaban J connectivity index is 2.59. The van der Waals surface area contributed by atoms with Crippen LogP contribution in [0.15, 0.2) is 29.2 Å². The van der Waals surface area contributed by atoms with Crippen molar-refractivity contribution >= 4 is 25.5 Å². The van der Waals surface area contributed by atoms with Crippen LogP contribution in [0.4, 0.5) is 5.69 Å². The molecule has 6 nitrogen and oxygen atoms in total. The SMILES string of the molecule is CC(C)NS(=O)(=O)c1ccc(NCCCS(C)(=O)=O)cc1. The number of benzene rings is 1. The average molecular weight is 334 g/mol. The Kier molecular flexibility index (Phi) is 6.18. The number of sulfone groups is 1. The first-order valence-electron chi connectivity index (χ1n) is 6.64. The van der Waals surface area contributed by atoms with E-state index in [1.807, 2.05) is 0 Å². The summed E-state index contributed by atoms with van der Waals surface area (Å²) in [5.74, 6) is 0.130. The molecule has 1 aromatic carbocycles. The van der Waals surface area contributed by atoms with Gasteiger partial charge in [0.2, 0.25) is 10.0 Å². The standard InChI is InChI=1S/C13H22N2O4S2/c1-11(2)15-21(18,19)13-7-5-12(6-8-13)14-9-4-10-20(3,16)17/h5-8,11,14-15H,4,9-10H2,1-3H3. The van der Waals surface area contributed by atoms with Crippen molar-refractivity contribution in [1.29, 1.82) is 0 Å². The summed E-state index contributed by atoms with van der Waals surface area (Å²) in [5, 5.41) is 3.06. The zero-order valence-electron chi connectivity index (χ0n) is 12.5. The van der Waals surface area contributed by atoms with Gasteiger partial charge >= 0.3 is 0 Å². The molecule has 0 aliphatic carbocycles. The maximum atomic E-state index is 11.9. The van der Waals surface area contributed by atoms with Gasteiger partial charge in [0.1, 0.15) is 9.84 Å². The molecule has 8 heteroatoms. The quantitative estimate of drug-likeness (QED) is 0.697. The first-order valence-corrected chi connectivity index (χ1v) is 10.2.